The van der Waals surface area contributed by atoms with Crippen LogP contribution in [0.5, 0.6) is 0 Å². The number of nitrogens with one attached hydrogen (secondary N) is 2. The molecule has 1 unspecified atom stereocenters. The Labute approximate surface area is 107 Å². The van der Waals surface area contributed by atoms with E-state index in [1.54, 1.807) is 0 Å². The lowest BCUT2D eigenvalue weighted by Crippen LogP contribution is -2.45. The monoisotopic (exact) mass is 252 g/mol. The average Bonchev–Trinajstić information content (AvgIpc) is 2.24. The first-order chi connectivity index (χ1) is 8.16. The number of hydrogen-bond acceptors (Lipinski definition) is 1. The molecule has 17 heavy (non-hydrogen) atoms. The molecule has 1 saturated carbocycles. The van der Waals surface area contributed by atoms with Gasteiger partial charge in [-0.05, 0) is 37.8 Å². The molecule has 0 saturated heterocycles. The van der Waals surface area contributed by atoms with Gasteiger partial charge < -0.3 is 10.6 Å². The first-order valence-corrected chi connectivity index (χ1v) is 6.36. The lowest BCUT2D eigenvalue weighted by Gasteiger charge is -2.27. The third kappa shape index (κ3) is 3.13. The molecule has 92 valence electrons. The Balaban J connectivity index is 1.89. The van der Waals surface area contributed by atoms with Crippen molar-refractivity contribution >= 4 is 17.6 Å². The molecule has 2 amide bonds. The molecule has 3 nitrogen and oxygen atoms in total. The van der Waals surface area contributed by atoms with Gasteiger partial charge in [-0.25, -0.2) is 4.79 Å². The molecule has 0 heterocycles. The van der Waals surface area contributed by atoms with Gasteiger partial charge in [-0.2, -0.15) is 0 Å². The van der Waals surface area contributed by atoms with Crippen molar-refractivity contribution in [3.63, 3.8) is 0 Å². The van der Waals surface area contributed by atoms with Crippen molar-refractivity contribution in [3.05, 3.63) is 34.9 Å². The maximum absolute atomic E-state index is 11.7. The predicted octanol–water partition coefficient (Wildman–Crippen LogP) is 3.25. The van der Waals surface area contributed by atoms with E-state index in [9.17, 15) is 4.79 Å². The summed E-state index contributed by atoms with van der Waals surface area (Å²) in [6.07, 6.45) is 3.40. The second-order valence-electron chi connectivity index (χ2n) is 4.49. The molecule has 0 aromatic heterocycles. The van der Waals surface area contributed by atoms with Gasteiger partial charge in [0.1, 0.15) is 0 Å². The standard InChI is InChI=1S/C13H17ClN2O/c1-9(11-7-2-3-8-12(11)14)15-13(17)16-10-5-4-6-10/h2-3,7-10H,4-6H2,1H3,(H2,15,16,17). The molecule has 1 aliphatic carbocycles. The molecule has 0 spiro atoms. The smallest absolute Gasteiger partial charge is 0.315 e. The Morgan fingerprint density at radius 2 is 2.12 bits per heavy atom. The third-order valence-corrected chi connectivity index (χ3v) is 3.50. The second kappa shape index (κ2) is 5.41. The van der Waals surface area contributed by atoms with Crippen molar-refractivity contribution < 1.29 is 4.79 Å². The zero-order chi connectivity index (χ0) is 12.3. The van der Waals surface area contributed by atoms with Gasteiger partial charge in [0, 0.05) is 11.1 Å². The molecule has 0 aliphatic heterocycles. The molecule has 0 radical (unpaired) electrons. The summed E-state index contributed by atoms with van der Waals surface area (Å²) in [4.78, 5) is 11.7. The molecule has 1 aromatic carbocycles. The summed E-state index contributed by atoms with van der Waals surface area (Å²) < 4.78 is 0. The minimum Gasteiger partial charge on any atom is -0.335 e. The first-order valence-electron chi connectivity index (χ1n) is 5.98. The van der Waals surface area contributed by atoms with E-state index in [4.69, 9.17) is 11.6 Å². The van der Waals surface area contributed by atoms with Crippen molar-refractivity contribution in [1.29, 1.82) is 0 Å². The van der Waals surface area contributed by atoms with E-state index in [1.165, 1.54) is 6.42 Å². The van der Waals surface area contributed by atoms with Gasteiger partial charge in [-0.3, -0.25) is 0 Å². The number of carbonyl (C=O) groups excluding carboxylic acids is 1. The van der Waals surface area contributed by atoms with Crippen molar-refractivity contribution in [2.24, 2.45) is 0 Å². The molecule has 4 heteroatoms. The van der Waals surface area contributed by atoms with Crippen LogP contribution in [0.1, 0.15) is 37.8 Å². The zero-order valence-corrected chi connectivity index (χ0v) is 10.6. The largest absolute Gasteiger partial charge is 0.335 e. The summed E-state index contributed by atoms with van der Waals surface area (Å²) in [5.74, 6) is 0. The van der Waals surface area contributed by atoms with Crippen molar-refractivity contribution in [3.8, 4) is 0 Å². The predicted molar refractivity (Wildman–Crippen MR) is 69.2 cm³/mol. The number of amides is 2. The molecule has 1 aliphatic rings. The minimum absolute atomic E-state index is 0.0798. The normalized spacial score (nSPS) is 17.1. The molecule has 0 bridgehead atoms. The number of halogens is 1. The Hall–Kier alpha value is -1.22. The number of hydrogen-bond donors (Lipinski definition) is 2. The van der Waals surface area contributed by atoms with Crippen LogP contribution in [0, 0.1) is 0 Å². The SMILES string of the molecule is CC(NC(=O)NC1CCC1)c1ccccc1Cl. The minimum atomic E-state index is -0.109. The molecule has 1 aromatic rings. The number of carbonyl (C=O) groups is 1. The number of rotatable bonds is 3. The summed E-state index contributed by atoms with van der Waals surface area (Å²) in [7, 11) is 0. The fourth-order valence-corrected chi connectivity index (χ4v) is 2.18. The van der Waals surface area contributed by atoms with Crippen molar-refractivity contribution in [2.75, 3.05) is 0 Å². The van der Waals surface area contributed by atoms with E-state index >= 15 is 0 Å². The van der Waals surface area contributed by atoms with Gasteiger partial charge in [0.05, 0.1) is 6.04 Å². The fourth-order valence-electron chi connectivity index (χ4n) is 1.88. The highest BCUT2D eigenvalue weighted by molar-refractivity contribution is 6.31. The summed E-state index contributed by atoms with van der Waals surface area (Å²) in [6.45, 7) is 1.93. The van der Waals surface area contributed by atoms with Crippen LogP contribution >= 0.6 is 11.6 Å². The maximum atomic E-state index is 11.7. The van der Waals surface area contributed by atoms with Crippen LogP contribution in [-0.2, 0) is 0 Å². The van der Waals surface area contributed by atoms with Gasteiger partial charge in [0.15, 0.2) is 0 Å². The number of urea groups is 1. The van der Waals surface area contributed by atoms with Crippen LogP contribution in [0.4, 0.5) is 4.79 Å². The van der Waals surface area contributed by atoms with Gasteiger partial charge in [-0.1, -0.05) is 29.8 Å². The van der Waals surface area contributed by atoms with E-state index in [0.717, 1.165) is 18.4 Å². The van der Waals surface area contributed by atoms with Gasteiger partial charge >= 0.3 is 6.03 Å². The number of benzene rings is 1. The molecule has 2 rings (SSSR count). The fraction of sp³-hybridized carbons (Fsp3) is 0.462. The first kappa shape index (κ1) is 12.2. The van der Waals surface area contributed by atoms with E-state index in [-0.39, 0.29) is 12.1 Å². The summed E-state index contributed by atoms with van der Waals surface area (Å²) in [6, 6.07) is 7.73. The van der Waals surface area contributed by atoms with Crippen LogP contribution in [0.2, 0.25) is 5.02 Å². The van der Waals surface area contributed by atoms with Gasteiger partial charge in [0.25, 0.3) is 0 Å². The second-order valence-corrected chi connectivity index (χ2v) is 4.90. The Kier molecular flexibility index (Phi) is 3.89. The molecular weight excluding hydrogens is 236 g/mol. The molecule has 1 atom stereocenters. The molecular formula is C13H17ClN2O. The Bertz CT molecular complexity index is 404. The maximum Gasteiger partial charge on any atom is 0.315 e. The van der Waals surface area contributed by atoms with Crippen molar-refractivity contribution in [1.82, 2.24) is 10.6 Å². The zero-order valence-electron chi connectivity index (χ0n) is 9.87. The summed E-state index contributed by atoms with van der Waals surface area (Å²) in [5, 5.41) is 6.53. The van der Waals surface area contributed by atoms with Crippen LogP contribution in [0.3, 0.4) is 0 Å². The third-order valence-electron chi connectivity index (χ3n) is 3.16. The Morgan fingerprint density at radius 3 is 2.71 bits per heavy atom. The highest BCUT2D eigenvalue weighted by atomic mass is 35.5. The van der Waals surface area contributed by atoms with Gasteiger partial charge in [0.2, 0.25) is 0 Å². The van der Waals surface area contributed by atoms with Crippen LogP contribution in [0.25, 0.3) is 0 Å². The van der Waals surface area contributed by atoms with Crippen LogP contribution < -0.4 is 10.6 Å². The summed E-state index contributed by atoms with van der Waals surface area (Å²) in [5.41, 5.74) is 0.943. The quantitative estimate of drug-likeness (QED) is 0.852. The summed E-state index contributed by atoms with van der Waals surface area (Å²) >= 11 is 6.08. The highest BCUT2D eigenvalue weighted by Crippen LogP contribution is 2.22. The van der Waals surface area contributed by atoms with Crippen LogP contribution in [0.15, 0.2) is 24.3 Å². The lowest BCUT2D eigenvalue weighted by molar-refractivity contribution is 0.225. The van der Waals surface area contributed by atoms with Gasteiger partial charge in [-0.15, -0.1) is 0 Å². The van der Waals surface area contributed by atoms with E-state index in [0.29, 0.717) is 11.1 Å². The van der Waals surface area contributed by atoms with E-state index < -0.39 is 0 Å². The van der Waals surface area contributed by atoms with Crippen molar-refractivity contribution in [2.45, 2.75) is 38.3 Å². The topological polar surface area (TPSA) is 41.1 Å². The highest BCUT2D eigenvalue weighted by Gasteiger charge is 2.20. The van der Waals surface area contributed by atoms with Crippen LogP contribution in [-0.4, -0.2) is 12.1 Å². The Morgan fingerprint density at radius 1 is 1.41 bits per heavy atom. The molecule has 2 N–H and O–H groups in total. The van der Waals surface area contributed by atoms with E-state index in [1.807, 2.05) is 31.2 Å². The lowest BCUT2D eigenvalue weighted by atomic mass is 9.93. The molecule has 1 fully saturated rings. The average molecular weight is 253 g/mol. The van der Waals surface area contributed by atoms with E-state index in [2.05, 4.69) is 10.6 Å².